The van der Waals surface area contributed by atoms with Crippen LogP contribution in [0, 0.1) is 23.7 Å². The van der Waals surface area contributed by atoms with Gasteiger partial charge in [0.25, 0.3) is 0 Å². The Morgan fingerprint density at radius 2 is 1.68 bits per heavy atom. The summed E-state index contributed by atoms with van der Waals surface area (Å²) in [5.74, 6) is 3.46. The molecule has 1 heterocycles. The monoisotopic (exact) mass is 263 g/mol. The number of carbonyl (C=O) groups is 1. The smallest absolute Gasteiger partial charge is 0.317 e. The van der Waals surface area contributed by atoms with E-state index in [9.17, 15) is 4.79 Å². The Balaban J connectivity index is 1.41. The average molecular weight is 263 g/mol. The van der Waals surface area contributed by atoms with Crippen LogP contribution in [-0.4, -0.2) is 36.1 Å². The van der Waals surface area contributed by atoms with Crippen molar-refractivity contribution in [2.24, 2.45) is 29.4 Å². The van der Waals surface area contributed by atoms with Crippen molar-refractivity contribution in [1.29, 1.82) is 0 Å². The zero-order chi connectivity index (χ0) is 13.0. The van der Waals surface area contributed by atoms with E-state index in [1.165, 1.54) is 32.1 Å². The van der Waals surface area contributed by atoms with Gasteiger partial charge in [-0.1, -0.05) is 0 Å². The van der Waals surface area contributed by atoms with E-state index in [1.54, 1.807) is 0 Å². The maximum absolute atomic E-state index is 12.3. The highest BCUT2D eigenvalue weighted by molar-refractivity contribution is 5.75. The third-order valence-corrected chi connectivity index (χ3v) is 6.03. The van der Waals surface area contributed by atoms with Gasteiger partial charge in [-0.15, -0.1) is 0 Å². The van der Waals surface area contributed by atoms with Crippen molar-refractivity contribution < 1.29 is 4.79 Å². The van der Waals surface area contributed by atoms with Crippen LogP contribution in [0.4, 0.5) is 4.79 Å². The average Bonchev–Trinajstić information content (AvgIpc) is 2.79. The number of nitrogens with one attached hydrogen (secondary N) is 1. The van der Waals surface area contributed by atoms with Crippen molar-refractivity contribution in [3.05, 3.63) is 0 Å². The van der Waals surface area contributed by atoms with Gasteiger partial charge in [0.15, 0.2) is 0 Å². The molecule has 4 bridgehead atoms. The molecule has 106 valence electrons. The fourth-order valence-corrected chi connectivity index (χ4v) is 5.37. The molecule has 0 aromatic rings. The Morgan fingerprint density at radius 1 is 1.05 bits per heavy atom. The number of amides is 2. The first-order valence-corrected chi connectivity index (χ1v) is 8.00. The second kappa shape index (κ2) is 4.37. The minimum Gasteiger partial charge on any atom is -0.335 e. The molecule has 5 fully saturated rings. The summed E-state index contributed by atoms with van der Waals surface area (Å²) in [6.07, 6.45) is 7.85. The van der Waals surface area contributed by atoms with Crippen LogP contribution in [0.2, 0.25) is 0 Å². The molecular formula is C15H25N3O. The molecule has 0 aromatic carbocycles. The van der Waals surface area contributed by atoms with Gasteiger partial charge in [-0.2, -0.15) is 0 Å². The van der Waals surface area contributed by atoms with Gasteiger partial charge >= 0.3 is 6.03 Å². The summed E-state index contributed by atoms with van der Waals surface area (Å²) >= 11 is 0. The zero-order valence-electron chi connectivity index (χ0n) is 11.6. The summed E-state index contributed by atoms with van der Waals surface area (Å²) in [5.41, 5.74) is 5.89. The fourth-order valence-electron chi connectivity index (χ4n) is 5.37. The fraction of sp³-hybridized carbons (Fsp3) is 0.933. The first-order valence-electron chi connectivity index (χ1n) is 8.00. The summed E-state index contributed by atoms with van der Waals surface area (Å²) in [4.78, 5) is 14.3. The number of carbonyl (C=O) groups excluding carboxylic acids is 1. The Kier molecular flexibility index (Phi) is 2.76. The van der Waals surface area contributed by atoms with Crippen molar-refractivity contribution in [1.82, 2.24) is 10.2 Å². The molecule has 0 unspecified atom stereocenters. The third kappa shape index (κ3) is 2.04. The van der Waals surface area contributed by atoms with E-state index in [0.29, 0.717) is 6.04 Å². The van der Waals surface area contributed by atoms with Gasteiger partial charge in [-0.05, 0) is 62.2 Å². The van der Waals surface area contributed by atoms with Crippen molar-refractivity contribution in [3.8, 4) is 0 Å². The molecule has 1 saturated heterocycles. The van der Waals surface area contributed by atoms with E-state index < -0.39 is 0 Å². The van der Waals surface area contributed by atoms with E-state index in [1.807, 2.05) is 4.90 Å². The molecule has 0 aromatic heterocycles. The zero-order valence-corrected chi connectivity index (χ0v) is 11.6. The van der Waals surface area contributed by atoms with Crippen LogP contribution < -0.4 is 11.1 Å². The minimum absolute atomic E-state index is 0.144. The summed E-state index contributed by atoms with van der Waals surface area (Å²) in [6.45, 7) is 1.57. The van der Waals surface area contributed by atoms with Gasteiger partial charge < -0.3 is 16.0 Å². The van der Waals surface area contributed by atoms with Gasteiger partial charge in [0, 0.05) is 25.2 Å². The molecule has 1 atom stereocenters. The van der Waals surface area contributed by atoms with Crippen LogP contribution >= 0.6 is 0 Å². The summed E-state index contributed by atoms with van der Waals surface area (Å²) in [6, 6.07) is 0.784. The van der Waals surface area contributed by atoms with Gasteiger partial charge in [0.1, 0.15) is 0 Å². The van der Waals surface area contributed by atoms with Crippen molar-refractivity contribution in [3.63, 3.8) is 0 Å². The first-order chi connectivity index (χ1) is 9.19. The van der Waals surface area contributed by atoms with Crippen molar-refractivity contribution in [2.45, 2.75) is 50.6 Å². The number of hydrogen-bond donors (Lipinski definition) is 2. The topological polar surface area (TPSA) is 58.4 Å². The van der Waals surface area contributed by atoms with Crippen molar-refractivity contribution >= 4 is 6.03 Å². The molecule has 4 saturated carbocycles. The molecule has 2 amide bonds. The lowest BCUT2D eigenvalue weighted by Gasteiger charge is -2.54. The lowest BCUT2D eigenvalue weighted by Crippen LogP contribution is -2.57. The molecule has 19 heavy (non-hydrogen) atoms. The normalized spacial score (nSPS) is 47.7. The lowest BCUT2D eigenvalue weighted by atomic mass is 9.54. The van der Waals surface area contributed by atoms with Gasteiger partial charge in [0.05, 0.1) is 0 Å². The number of nitrogens with two attached hydrogens (primary N) is 1. The molecule has 5 rings (SSSR count). The lowest BCUT2D eigenvalue weighted by molar-refractivity contribution is -0.0107. The Labute approximate surface area is 115 Å². The number of urea groups is 1. The van der Waals surface area contributed by atoms with Crippen LogP contribution in [0.3, 0.4) is 0 Å². The predicted octanol–water partition coefficient (Wildman–Crippen LogP) is 1.55. The van der Waals surface area contributed by atoms with Crippen LogP contribution in [0.25, 0.3) is 0 Å². The maximum Gasteiger partial charge on any atom is 0.317 e. The van der Waals surface area contributed by atoms with Gasteiger partial charge in [-0.25, -0.2) is 4.79 Å². The predicted molar refractivity (Wildman–Crippen MR) is 73.5 cm³/mol. The second-order valence-electron chi connectivity index (χ2n) is 7.40. The molecule has 0 radical (unpaired) electrons. The Morgan fingerprint density at radius 3 is 2.21 bits per heavy atom. The quantitative estimate of drug-likeness (QED) is 0.754. The molecule has 3 N–H and O–H groups in total. The summed E-state index contributed by atoms with van der Waals surface area (Å²) in [5, 5.41) is 3.36. The number of hydrogen-bond acceptors (Lipinski definition) is 2. The second-order valence-corrected chi connectivity index (χ2v) is 7.40. The number of nitrogens with zero attached hydrogens (tertiary/aromatic N) is 1. The number of rotatable bonds is 1. The molecule has 1 aliphatic heterocycles. The maximum atomic E-state index is 12.3. The van der Waals surface area contributed by atoms with E-state index in [4.69, 9.17) is 5.73 Å². The highest BCUT2D eigenvalue weighted by Gasteiger charge is 2.48. The molecule has 4 nitrogen and oxygen atoms in total. The first kappa shape index (κ1) is 12.0. The molecule has 0 spiro atoms. The van der Waals surface area contributed by atoms with Crippen LogP contribution in [0.5, 0.6) is 0 Å². The number of likely N-dealkylation sites (tertiary alicyclic amines) is 1. The Hall–Kier alpha value is -0.770. The minimum atomic E-state index is 0.144. The van der Waals surface area contributed by atoms with Crippen molar-refractivity contribution in [2.75, 3.05) is 13.1 Å². The van der Waals surface area contributed by atoms with Crippen LogP contribution in [-0.2, 0) is 0 Å². The van der Waals surface area contributed by atoms with E-state index >= 15 is 0 Å². The molecule has 4 aliphatic carbocycles. The highest BCUT2D eigenvalue weighted by Crippen LogP contribution is 2.53. The molecular weight excluding hydrogens is 238 g/mol. The summed E-state index contributed by atoms with van der Waals surface area (Å²) < 4.78 is 0. The van der Waals surface area contributed by atoms with Crippen LogP contribution in [0.15, 0.2) is 0 Å². The van der Waals surface area contributed by atoms with E-state index in [2.05, 4.69) is 5.32 Å². The standard InChI is InChI=1S/C15H25N3O/c16-13-1-2-18(8-13)15(19)17-14-11-4-9-3-10(6-11)7-12(14)5-9/h9-14H,1-8,16H2,(H,17,19)/t9?,10?,11?,12?,13-,14?/m1/s1. The SMILES string of the molecule is N[C@@H]1CCN(C(=O)NC2C3CC4CC(C3)CC2C4)C1. The van der Waals surface area contributed by atoms with Gasteiger partial charge in [0.2, 0.25) is 0 Å². The molecule has 4 heteroatoms. The van der Waals surface area contributed by atoms with E-state index in [-0.39, 0.29) is 12.1 Å². The summed E-state index contributed by atoms with van der Waals surface area (Å²) in [7, 11) is 0. The Bertz CT molecular complexity index is 356. The van der Waals surface area contributed by atoms with Crippen LogP contribution in [0.1, 0.15) is 38.5 Å². The highest BCUT2D eigenvalue weighted by atomic mass is 16.2. The van der Waals surface area contributed by atoms with E-state index in [0.717, 1.165) is 43.2 Å². The van der Waals surface area contributed by atoms with Gasteiger partial charge in [-0.3, -0.25) is 0 Å². The third-order valence-electron chi connectivity index (χ3n) is 6.03. The molecule has 5 aliphatic rings. The largest absolute Gasteiger partial charge is 0.335 e.